The number of allylic oxidation sites excluding steroid dienone is 1. The highest BCUT2D eigenvalue weighted by molar-refractivity contribution is 6.01. The largest absolute Gasteiger partial charge is 0.497 e. The van der Waals surface area contributed by atoms with Gasteiger partial charge in [-0.15, -0.1) is 0 Å². The Hall–Kier alpha value is -3.73. The van der Waals surface area contributed by atoms with Crippen LogP contribution in [0.5, 0.6) is 11.5 Å². The van der Waals surface area contributed by atoms with Gasteiger partial charge < -0.3 is 20.1 Å². The van der Waals surface area contributed by atoms with Crippen LogP contribution >= 0.6 is 0 Å². The lowest BCUT2D eigenvalue weighted by Gasteiger charge is -2.30. The number of methoxy groups -OCH3 is 2. The van der Waals surface area contributed by atoms with Crippen molar-refractivity contribution in [3.63, 3.8) is 0 Å². The second-order valence-corrected chi connectivity index (χ2v) is 8.19. The van der Waals surface area contributed by atoms with Crippen molar-refractivity contribution in [2.75, 3.05) is 24.9 Å². The lowest BCUT2D eigenvalue weighted by atomic mass is 9.78. The molecular formula is C27H26N2O3. The minimum absolute atomic E-state index is 0.141. The van der Waals surface area contributed by atoms with Gasteiger partial charge in [-0.25, -0.2) is 0 Å². The van der Waals surface area contributed by atoms with E-state index in [0.29, 0.717) is 12.2 Å². The van der Waals surface area contributed by atoms with Gasteiger partial charge in [-0.1, -0.05) is 42.5 Å². The molecule has 32 heavy (non-hydrogen) atoms. The summed E-state index contributed by atoms with van der Waals surface area (Å²) < 4.78 is 11.2. The molecule has 0 radical (unpaired) electrons. The minimum Gasteiger partial charge on any atom is -0.497 e. The molecule has 1 heterocycles. The predicted molar refractivity (Wildman–Crippen MR) is 126 cm³/mol. The van der Waals surface area contributed by atoms with E-state index in [-0.39, 0.29) is 17.7 Å². The molecule has 2 N–H and O–H groups in total. The number of carbonyl (C=O) groups excluding carboxylic acids is 1. The Bertz CT molecular complexity index is 1190. The summed E-state index contributed by atoms with van der Waals surface area (Å²) in [6.45, 7) is 0. The number of fused-ring (bicyclic) bond motifs is 1. The van der Waals surface area contributed by atoms with E-state index in [1.165, 1.54) is 5.56 Å². The van der Waals surface area contributed by atoms with E-state index in [9.17, 15) is 4.79 Å². The zero-order chi connectivity index (χ0) is 22.1. The molecule has 3 aromatic carbocycles. The molecule has 162 valence electrons. The monoisotopic (exact) mass is 426 g/mol. The molecule has 0 unspecified atom stereocenters. The number of nitrogens with one attached hydrogen (secondary N) is 2. The average Bonchev–Trinajstić information content (AvgIpc) is 3.01. The Morgan fingerprint density at radius 1 is 0.844 bits per heavy atom. The van der Waals surface area contributed by atoms with Crippen LogP contribution < -0.4 is 20.1 Å². The Labute approximate surface area is 188 Å². The van der Waals surface area contributed by atoms with Gasteiger partial charge in [0.1, 0.15) is 11.5 Å². The third-order valence-electron chi connectivity index (χ3n) is 6.33. The van der Waals surface area contributed by atoms with Crippen molar-refractivity contribution < 1.29 is 14.3 Å². The summed E-state index contributed by atoms with van der Waals surface area (Å²) in [6.07, 6.45) is 1.25. The molecule has 5 rings (SSSR count). The van der Waals surface area contributed by atoms with Gasteiger partial charge in [-0.05, 0) is 48.2 Å². The summed E-state index contributed by atoms with van der Waals surface area (Å²) in [5.74, 6) is 1.73. The van der Waals surface area contributed by atoms with Crippen molar-refractivity contribution in [1.82, 2.24) is 0 Å². The van der Waals surface area contributed by atoms with Crippen LogP contribution in [0.4, 0.5) is 11.4 Å². The maximum absolute atomic E-state index is 13.6. The number of ketones is 1. The Morgan fingerprint density at radius 2 is 1.59 bits per heavy atom. The van der Waals surface area contributed by atoms with Crippen molar-refractivity contribution in [2.24, 2.45) is 0 Å². The van der Waals surface area contributed by atoms with Gasteiger partial charge in [0.05, 0.1) is 31.6 Å². The fourth-order valence-corrected chi connectivity index (χ4v) is 4.75. The molecule has 1 aliphatic heterocycles. The number of benzene rings is 3. The molecule has 1 aliphatic carbocycles. The van der Waals surface area contributed by atoms with Crippen LogP contribution in [0.25, 0.3) is 0 Å². The smallest absolute Gasteiger partial charge is 0.163 e. The lowest BCUT2D eigenvalue weighted by Crippen LogP contribution is -2.27. The molecule has 0 fully saturated rings. The Morgan fingerprint density at radius 3 is 2.34 bits per heavy atom. The van der Waals surface area contributed by atoms with Gasteiger partial charge in [0.2, 0.25) is 0 Å². The summed E-state index contributed by atoms with van der Waals surface area (Å²) in [6, 6.07) is 23.7. The highest BCUT2D eigenvalue weighted by atomic mass is 16.5. The van der Waals surface area contributed by atoms with Crippen molar-refractivity contribution in [2.45, 2.75) is 24.8 Å². The minimum atomic E-state index is -0.351. The number of hydrogen-bond donors (Lipinski definition) is 2. The molecule has 0 bridgehead atoms. The van der Waals surface area contributed by atoms with E-state index < -0.39 is 0 Å². The molecule has 0 saturated carbocycles. The van der Waals surface area contributed by atoms with Gasteiger partial charge in [-0.3, -0.25) is 4.79 Å². The van der Waals surface area contributed by atoms with Gasteiger partial charge in [0, 0.05) is 23.3 Å². The molecule has 0 spiro atoms. The number of hydrogen-bond acceptors (Lipinski definition) is 5. The standard InChI is InChI=1S/C27H26N2O3/c1-31-19-12-13-25(32-2)20(16-19)27-26-23(28-21-10-6-7-11-22(21)29-27)14-18(15-24(26)30)17-8-4-3-5-9-17/h3-13,16,18,27-29H,14-15H2,1-2H3/t18-,27+/m0/s1. The highest BCUT2D eigenvalue weighted by Gasteiger charge is 2.37. The molecule has 2 atom stereocenters. The second-order valence-electron chi connectivity index (χ2n) is 8.19. The zero-order valence-corrected chi connectivity index (χ0v) is 18.2. The Kier molecular flexibility index (Phi) is 5.31. The third-order valence-corrected chi connectivity index (χ3v) is 6.33. The highest BCUT2D eigenvalue weighted by Crippen LogP contribution is 2.46. The van der Waals surface area contributed by atoms with E-state index in [1.807, 2.05) is 60.7 Å². The number of ether oxygens (including phenoxy) is 2. The average molecular weight is 427 g/mol. The van der Waals surface area contributed by atoms with E-state index in [0.717, 1.165) is 40.4 Å². The number of Topliss-reactive ketones (excluding diaryl/α,β-unsaturated/α-hetero) is 1. The van der Waals surface area contributed by atoms with E-state index in [4.69, 9.17) is 9.47 Å². The molecule has 5 heteroatoms. The summed E-state index contributed by atoms with van der Waals surface area (Å²) in [5.41, 5.74) is 5.70. The van der Waals surface area contributed by atoms with Gasteiger partial charge in [0.15, 0.2) is 5.78 Å². The van der Waals surface area contributed by atoms with Gasteiger partial charge in [0.25, 0.3) is 0 Å². The first-order valence-electron chi connectivity index (χ1n) is 10.8. The van der Waals surface area contributed by atoms with Crippen LogP contribution in [0.15, 0.2) is 84.1 Å². The van der Waals surface area contributed by atoms with Gasteiger partial charge >= 0.3 is 0 Å². The maximum Gasteiger partial charge on any atom is 0.163 e. The van der Waals surface area contributed by atoms with Crippen LogP contribution in [-0.4, -0.2) is 20.0 Å². The summed E-state index contributed by atoms with van der Waals surface area (Å²) in [4.78, 5) is 13.6. The van der Waals surface area contributed by atoms with Crippen LogP contribution in [0.1, 0.15) is 35.9 Å². The first-order valence-corrected chi connectivity index (χ1v) is 10.8. The molecule has 5 nitrogen and oxygen atoms in total. The van der Waals surface area contributed by atoms with Crippen LogP contribution in [0.3, 0.4) is 0 Å². The first kappa shape index (κ1) is 20.2. The molecule has 0 saturated heterocycles. The van der Waals surface area contributed by atoms with Crippen molar-refractivity contribution in [1.29, 1.82) is 0 Å². The fraction of sp³-hybridized carbons (Fsp3) is 0.222. The Balaban J connectivity index is 1.66. The van der Waals surface area contributed by atoms with Crippen LogP contribution in [0, 0.1) is 0 Å². The summed E-state index contributed by atoms with van der Waals surface area (Å²) in [7, 11) is 3.29. The van der Waals surface area contributed by atoms with Crippen LogP contribution in [0.2, 0.25) is 0 Å². The number of rotatable bonds is 4. The normalized spacial score (nSPS) is 19.8. The molecule has 0 aromatic heterocycles. The van der Waals surface area contributed by atoms with E-state index in [1.54, 1.807) is 14.2 Å². The van der Waals surface area contributed by atoms with E-state index in [2.05, 4.69) is 22.8 Å². The second kappa shape index (κ2) is 8.42. The first-order chi connectivity index (χ1) is 15.7. The van der Waals surface area contributed by atoms with Crippen molar-refractivity contribution >= 4 is 17.2 Å². The van der Waals surface area contributed by atoms with Crippen molar-refractivity contribution in [3.8, 4) is 11.5 Å². The summed E-state index contributed by atoms with van der Waals surface area (Å²) in [5, 5.41) is 7.19. The van der Waals surface area contributed by atoms with Crippen molar-refractivity contribution in [3.05, 3.63) is 95.2 Å². The summed E-state index contributed by atoms with van der Waals surface area (Å²) >= 11 is 0. The quantitative estimate of drug-likeness (QED) is 0.562. The van der Waals surface area contributed by atoms with Crippen LogP contribution in [-0.2, 0) is 4.79 Å². The third kappa shape index (κ3) is 3.60. The molecular weight excluding hydrogens is 400 g/mol. The number of anilines is 2. The lowest BCUT2D eigenvalue weighted by molar-refractivity contribution is -0.116. The van der Waals surface area contributed by atoms with Gasteiger partial charge in [-0.2, -0.15) is 0 Å². The molecule has 0 amide bonds. The fourth-order valence-electron chi connectivity index (χ4n) is 4.75. The van der Waals surface area contributed by atoms with E-state index >= 15 is 0 Å². The SMILES string of the molecule is COc1ccc(OC)c([C@H]2Nc3ccccc3NC3=C2C(=O)C[C@@H](c2ccccc2)C3)c1. The maximum atomic E-state index is 13.6. The predicted octanol–water partition coefficient (Wildman–Crippen LogP) is 5.68. The topological polar surface area (TPSA) is 59.6 Å². The number of para-hydroxylation sites is 2. The molecule has 2 aliphatic rings. The number of carbonyl (C=O) groups is 1. The zero-order valence-electron chi connectivity index (χ0n) is 18.2. The molecule has 3 aromatic rings.